The van der Waals surface area contributed by atoms with Gasteiger partial charge in [-0.05, 0) is 44.0 Å². The van der Waals surface area contributed by atoms with Gasteiger partial charge in [-0.3, -0.25) is 4.79 Å². The van der Waals surface area contributed by atoms with E-state index in [0.717, 1.165) is 40.5 Å². The van der Waals surface area contributed by atoms with E-state index in [9.17, 15) is 14.7 Å². The molecule has 1 fully saturated rings. The highest BCUT2D eigenvalue weighted by molar-refractivity contribution is 7.15. The number of anilines is 1. The monoisotopic (exact) mass is 469 g/mol. The first-order chi connectivity index (χ1) is 15.4. The normalized spacial score (nSPS) is 16.1. The first kappa shape index (κ1) is 22.3. The third kappa shape index (κ3) is 4.95. The molecule has 1 amide bonds. The van der Waals surface area contributed by atoms with Gasteiger partial charge in [0.05, 0.1) is 29.4 Å². The minimum atomic E-state index is -0.954. The third-order valence-electron chi connectivity index (χ3n) is 5.67. The molecule has 0 aliphatic carbocycles. The van der Waals surface area contributed by atoms with E-state index >= 15 is 0 Å². The van der Waals surface area contributed by atoms with Crippen molar-refractivity contribution >= 4 is 40.5 Å². The summed E-state index contributed by atoms with van der Waals surface area (Å²) in [6.07, 6.45) is 1.63. The minimum absolute atomic E-state index is 0.0108. The second kappa shape index (κ2) is 9.71. The van der Waals surface area contributed by atoms with Crippen LogP contribution in [0, 0.1) is 12.8 Å². The fourth-order valence-electron chi connectivity index (χ4n) is 3.96. The van der Waals surface area contributed by atoms with Gasteiger partial charge < -0.3 is 15.3 Å². The summed E-state index contributed by atoms with van der Waals surface area (Å²) in [4.78, 5) is 32.2. The molecule has 32 heavy (non-hydrogen) atoms. The van der Waals surface area contributed by atoms with E-state index in [4.69, 9.17) is 11.6 Å². The molecule has 1 aromatic heterocycles. The molecule has 2 aromatic carbocycles. The molecule has 1 aliphatic heterocycles. The zero-order valence-electron chi connectivity index (χ0n) is 17.7. The van der Waals surface area contributed by atoms with Gasteiger partial charge in [0.25, 0.3) is 0 Å². The van der Waals surface area contributed by atoms with Crippen LogP contribution in [0.5, 0.6) is 0 Å². The quantitative estimate of drug-likeness (QED) is 0.530. The van der Waals surface area contributed by atoms with Crippen LogP contribution in [0.3, 0.4) is 0 Å². The lowest BCUT2D eigenvalue weighted by Crippen LogP contribution is -2.43. The van der Waals surface area contributed by atoms with Crippen LogP contribution in [0.25, 0.3) is 10.6 Å². The number of nitrogens with one attached hydrogen (secondary N) is 1. The van der Waals surface area contributed by atoms with Gasteiger partial charge in [-0.15, -0.1) is 11.3 Å². The highest BCUT2D eigenvalue weighted by atomic mass is 35.5. The molecule has 2 N–H and O–H groups in total. The lowest BCUT2D eigenvalue weighted by atomic mass is 9.96. The first-order valence-electron chi connectivity index (χ1n) is 10.5. The molecule has 2 heterocycles. The molecule has 0 bridgehead atoms. The summed E-state index contributed by atoms with van der Waals surface area (Å²) in [6.45, 7) is 3.63. The Labute approximate surface area is 195 Å². The molecule has 6 nitrogen and oxygen atoms in total. The van der Waals surface area contributed by atoms with Gasteiger partial charge in [0, 0.05) is 28.6 Å². The van der Waals surface area contributed by atoms with Crippen molar-refractivity contribution in [2.24, 2.45) is 5.92 Å². The Balaban J connectivity index is 1.40. The predicted molar refractivity (Wildman–Crippen MR) is 127 cm³/mol. The number of aryl methyl sites for hydroxylation is 1. The highest BCUT2D eigenvalue weighted by Gasteiger charge is 2.28. The molecule has 1 saturated heterocycles. The molecule has 1 aliphatic rings. The summed E-state index contributed by atoms with van der Waals surface area (Å²) in [5.74, 6) is -1.15. The Morgan fingerprint density at radius 3 is 2.72 bits per heavy atom. The van der Waals surface area contributed by atoms with E-state index < -0.39 is 5.97 Å². The van der Waals surface area contributed by atoms with Crippen molar-refractivity contribution in [2.45, 2.75) is 26.3 Å². The number of amides is 1. The predicted octanol–water partition coefficient (Wildman–Crippen LogP) is 5.00. The van der Waals surface area contributed by atoms with Crippen LogP contribution in [0.1, 0.15) is 33.8 Å². The maximum atomic E-state index is 12.9. The fraction of sp³-hybridized carbons (Fsp3) is 0.292. The number of carboxylic acid groups (broad SMARTS) is 1. The Hall–Kier alpha value is -2.90. The maximum Gasteiger partial charge on any atom is 0.337 e. The molecule has 0 radical (unpaired) electrons. The van der Waals surface area contributed by atoms with Crippen molar-refractivity contribution in [1.29, 1.82) is 0 Å². The molecule has 0 unspecified atom stereocenters. The lowest BCUT2D eigenvalue weighted by Gasteiger charge is -2.34. The summed E-state index contributed by atoms with van der Waals surface area (Å²) in [7, 11) is 0. The van der Waals surface area contributed by atoms with Crippen molar-refractivity contribution < 1.29 is 14.7 Å². The van der Waals surface area contributed by atoms with Crippen molar-refractivity contribution in [3.8, 4) is 10.6 Å². The average Bonchev–Trinajstić information content (AvgIpc) is 3.18. The minimum Gasteiger partial charge on any atom is -0.478 e. The molecule has 166 valence electrons. The van der Waals surface area contributed by atoms with Crippen molar-refractivity contribution in [1.82, 2.24) is 10.3 Å². The van der Waals surface area contributed by atoms with Gasteiger partial charge in [0.1, 0.15) is 5.01 Å². The summed E-state index contributed by atoms with van der Waals surface area (Å²) in [5, 5.41) is 14.1. The number of thiazole rings is 1. The Bertz CT molecular complexity index is 1130. The van der Waals surface area contributed by atoms with Gasteiger partial charge in [-0.25, -0.2) is 9.78 Å². The summed E-state index contributed by atoms with van der Waals surface area (Å²) < 4.78 is 0. The van der Waals surface area contributed by atoms with Crippen LogP contribution in [-0.4, -0.2) is 35.1 Å². The van der Waals surface area contributed by atoms with E-state index in [1.54, 1.807) is 23.5 Å². The zero-order chi connectivity index (χ0) is 22.7. The second-order valence-electron chi connectivity index (χ2n) is 7.86. The molecular formula is C24H24ClN3O3S. The van der Waals surface area contributed by atoms with Gasteiger partial charge in [0.15, 0.2) is 0 Å². The van der Waals surface area contributed by atoms with E-state index in [0.29, 0.717) is 23.8 Å². The number of nitrogens with zero attached hydrogens (tertiary/aromatic N) is 2. The number of hydrogen-bond donors (Lipinski definition) is 2. The Morgan fingerprint density at radius 2 is 1.97 bits per heavy atom. The second-order valence-corrected chi connectivity index (χ2v) is 9.38. The number of para-hydroxylation sites is 1. The summed E-state index contributed by atoms with van der Waals surface area (Å²) in [5.41, 5.74) is 2.84. The number of halogens is 1. The largest absolute Gasteiger partial charge is 0.478 e. The van der Waals surface area contributed by atoms with Crippen LogP contribution >= 0.6 is 22.9 Å². The van der Waals surface area contributed by atoms with Gasteiger partial charge >= 0.3 is 5.97 Å². The van der Waals surface area contributed by atoms with Crippen LogP contribution in [0.15, 0.2) is 48.5 Å². The fourth-order valence-corrected chi connectivity index (χ4v) is 5.09. The third-order valence-corrected chi connectivity index (χ3v) is 7.13. The van der Waals surface area contributed by atoms with Crippen LogP contribution in [0.4, 0.5) is 5.69 Å². The summed E-state index contributed by atoms with van der Waals surface area (Å²) in [6, 6.07) is 14.5. The van der Waals surface area contributed by atoms with Crippen molar-refractivity contribution in [3.05, 3.63) is 69.7 Å². The Kier molecular flexibility index (Phi) is 6.77. The van der Waals surface area contributed by atoms with Crippen LogP contribution in [-0.2, 0) is 11.3 Å². The molecule has 0 spiro atoms. The number of carbonyl (C=O) groups excluding carboxylic acids is 1. The lowest BCUT2D eigenvalue weighted by molar-refractivity contribution is -0.125. The van der Waals surface area contributed by atoms with Gasteiger partial charge in [-0.2, -0.15) is 0 Å². The molecule has 3 aromatic rings. The van der Waals surface area contributed by atoms with Crippen LogP contribution in [0.2, 0.25) is 5.02 Å². The van der Waals surface area contributed by atoms with E-state index in [1.807, 2.05) is 48.2 Å². The molecule has 4 rings (SSSR count). The first-order valence-corrected chi connectivity index (χ1v) is 11.7. The van der Waals surface area contributed by atoms with E-state index in [1.165, 1.54) is 0 Å². The topological polar surface area (TPSA) is 82.5 Å². The van der Waals surface area contributed by atoms with Crippen molar-refractivity contribution in [3.63, 3.8) is 0 Å². The molecular weight excluding hydrogens is 446 g/mol. The zero-order valence-corrected chi connectivity index (χ0v) is 19.2. The number of piperidine rings is 1. The highest BCUT2D eigenvalue weighted by Crippen LogP contribution is 2.30. The number of benzene rings is 2. The average molecular weight is 470 g/mol. The Morgan fingerprint density at radius 1 is 1.22 bits per heavy atom. The number of aromatic carboxylic acids is 1. The summed E-state index contributed by atoms with van der Waals surface area (Å²) >= 11 is 7.54. The van der Waals surface area contributed by atoms with E-state index in [-0.39, 0.29) is 17.4 Å². The smallest absolute Gasteiger partial charge is 0.337 e. The van der Waals surface area contributed by atoms with Crippen LogP contribution < -0.4 is 10.2 Å². The number of aromatic nitrogens is 1. The SMILES string of the molecule is Cc1nc(-c2ccc(Cl)cc2)sc1CNC(=O)[C@H]1CCCN(c2ccccc2C(=O)O)C1. The van der Waals surface area contributed by atoms with Gasteiger partial charge in [0.2, 0.25) is 5.91 Å². The number of hydrogen-bond acceptors (Lipinski definition) is 5. The van der Waals surface area contributed by atoms with Gasteiger partial charge in [-0.1, -0.05) is 35.9 Å². The molecule has 0 saturated carbocycles. The molecule has 1 atom stereocenters. The number of carboxylic acids is 1. The maximum absolute atomic E-state index is 12.9. The molecule has 8 heteroatoms. The number of carbonyl (C=O) groups is 2. The van der Waals surface area contributed by atoms with Crippen molar-refractivity contribution in [2.75, 3.05) is 18.0 Å². The standard InChI is InChI=1S/C24H24ClN3O3S/c1-15-21(32-23(27-15)16-8-10-18(25)11-9-16)13-26-22(29)17-5-4-12-28(14-17)20-7-3-2-6-19(20)24(30)31/h2-3,6-11,17H,4-5,12-14H2,1H3,(H,26,29)(H,30,31)/t17-/m0/s1. The van der Waals surface area contributed by atoms with E-state index in [2.05, 4.69) is 10.3 Å². The number of rotatable bonds is 6.